The lowest BCUT2D eigenvalue weighted by Crippen LogP contribution is -2.40. The molecule has 126 valence electrons. The number of rotatable bonds is 12. The number of allylic oxidation sites excluding steroid dienone is 1. The molecule has 0 aliphatic carbocycles. The lowest BCUT2D eigenvalue weighted by atomic mass is 10.1. The maximum absolute atomic E-state index is 8.65. The van der Waals surface area contributed by atoms with Crippen molar-refractivity contribution in [3.05, 3.63) is 12.2 Å². The van der Waals surface area contributed by atoms with Crippen LogP contribution in [-0.2, 0) is 4.43 Å². The Balaban J connectivity index is 3.38. The second kappa shape index (κ2) is 11.4. The van der Waals surface area contributed by atoms with Gasteiger partial charge in [0.25, 0.3) is 0 Å². The van der Waals surface area contributed by atoms with Gasteiger partial charge in [0, 0.05) is 13.2 Å². The van der Waals surface area contributed by atoms with Crippen molar-refractivity contribution >= 4 is 8.32 Å². The fourth-order valence-corrected chi connectivity index (χ4v) is 3.01. The van der Waals surface area contributed by atoms with Crippen LogP contribution in [0, 0.1) is 0 Å². The first-order valence-electron chi connectivity index (χ1n) is 8.71. The topological polar surface area (TPSA) is 29.5 Å². The van der Waals surface area contributed by atoms with E-state index in [9.17, 15) is 0 Å². The van der Waals surface area contributed by atoms with Crippen LogP contribution < -0.4 is 0 Å². The van der Waals surface area contributed by atoms with E-state index in [-0.39, 0.29) is 6.61 Å². The molecule has 0 fully saturated rings. The molecule has 0 aromatic carbocycles. The molecule has 0 radical (unpaired) electrons. The van der Waals surface area contributed by atoms with Crippen LogP contribution in [0.15, 0.2) is 12.2 Å². The Hall–Kier alpha value is -0.123. The summed E-state index contributed by atoms with van der Waals surface area (Å²) in [5.74, 6) is 0. The molecule has 21 heavy (non-hydrogen) atoms. The molecular formula is C18H38O2Si. The van der Waals surface area contributed by atoms with Crippen molar-refractivity contribution in [3.8, 4) is 0 Å². The van der Waals surface area contributed by atoms with E-state index in [0.29, 0.717) is 5.04 Å². The van der Waals surface area contributed by atoms with Gasteiger partial charge in [0.15, 0.2) is 8.32 Å². The summed E-state index contributed by atoms with van der Waals surface area (Å²) >= 11 is 0. The van der Waals surface area contributed by atoms with E-state index >= 15 is 0 Å². The molecule has 0 saturated carbocycles. The van der Waals surface area contributed by atoms with Gasteiger partial charge in [0.05, 0.1) is 0 Å². The fourth-order valence-electron chi connectivity index (χ4n) is 1.93. The Morgan fingerprint density at radius 3 is 1.95 bits per heavy atom. The van der Waals surface area contributed by atoms with Gasteiger partial charge in [-0.15, -0.1) is 0 Å². The van der Waals surface area contributed by atoms with E-state index in [0.717, 1.165) is 19.4 Å². The molecule has 0 bridgehead atoms. The highest BCUT2D eigenvalue weighted by molar-refractivity contribution is 6.74. The lowest BCUT2D eigenvalue weighted by Gasteiger charge is -2.36. The lowest BCUT2D eigenvalue weighted by molar-refractivity contribution is 0.277. The van der Waals surface area contributed by atoms with Crippen LogP contribution in [0.3, 0.4) is 0 Å². The molecule has 1 N–H and O–H groups in total. The van der Waals surface area contributed by atoms with Gasteiger partial charge < -0.3 is 9.53 Å². The smallest absolute Gasteiger partial charge is 0.191 e. The molecule has 0 atom stereocenters. The largest absolute Gasteiger partial charge is 0.417 e. The van der Waals surface area contributed by atoms with E-state index in [1.54, 1.807) is 0 Å². The Morgan fingerprint density at radius 2 is 1.38 bits per heavy atom. The van der Waals surface area contributed by atoms with Crippen molar-refractivity contribution in [2.24, 2.45) is 0 Å². The summed E-state index contributed by atoms with van der Waals surface area (Å²) in [6.45, 7) is 12.8. The molecule has 0 amide bonds. The molecule has 0 spiro atoms. The highest BCUT2D eigenvalue weighted by Crippen LogP contribution is 2.36. The molecule has 2 nitrogen and oxygen atoms in total. The van der Waals surface area contributed by atoms with Crippen LogP contribution in [0.5, 0.6) is 0 Å². The first-order chi connectivity index (χ1) is 9.81. The summed E-state index contributed by atoms with van der Waals surface area (Å²) in [6, 6.07) is 0. The van der Waals surface area contributed by atoms with E-state index in [2.05, 4.69) is 46.0 Å². The number of hydrogen-bond donors (Lipinski definition) is 1. The van der Waals surface area contributed by atoms with Crippen LogP contribution in [0.4, 0.5) is 0 Å². The third-order valence-corrected chi connectivity index (χ3v) is 9.03. The van der Waals surface area contributed by atoms with Gasteiger partial charge in [-0.3, -0.25) is 0 Å². The maximum Gasteiger partial charge on any atom is 0.191 e. The quantitative estimate of drug-likeness (QED) is 0.285. The number of hydrogen-bond acceptors (Lipinski definition) is 2. The Kier molecular flexibility index (Phi) is 11.4. The minimum Gasteiger partial charge on any atom is -0.417 e. The average molecular weight is 315 g/mol. The van der Waals surface area contributed by atoms with Crippen molar-refractivity contribution < 1.29 is 9.53 Å². The minimum atomic E-state index is -1.53. The van der Waals surface area contributed by atoms with Crippen molar-refractivity contribution in [2.45, 2.75) is 90.3 Å². The number of aliphatic hydroxyl groups is 1. The van der Waals surface area contributed by atoms with Crippen LogP contribution in [-0.4, -0.2) is 26.6 Å². The van der Waals surface area contributed by atoms with Gasteiger partial charge in [-0.25, -0.2) is 0 Å². The highest BCUT2D eigenvalue weighted by Gasteiger charge is 2.36. The van der Waals surface area contributed by atoms with Gasteiger partial charge >= 0.3 is 0 Å². The normalized spacial score (nSPS) is 13.2. The summed E-state index contributed by atoms with van der Waals surface area (Å²) in [7, 11) is -1.53. The van der Waals surface area contributed by atoms with E-state index in [1.165, 1.54) is 38.5 Å². The second-order valence-corrected chi connectivity index (χ2v) is 12.3. The first-order valence-corrected chi connectivity index (χ1v) is 11.6. The van der Waals surface area contributed by atoms with Gasteiger partial charge in [-0.2, -0.15) is 0 Å². The molecule has 0 aliphatic heterocycles. The minimum absolute atomic E-state index is 0.271. The first kappa shape index (κ1) is 20.9. The Bertz CT molecular complexity index is 267. The maximum atomic E-state index is 8.65. The van der Waals surface area contributed by atoms with Crippen molar-refractivity contribution in [1.82, 2.24) is 0 Å². The van der Waals surface area contributed by atoms with E-state index < -0.39 is 8.32 Å². The molecule has 0 saturated heterocycles. The predicted molar refractivity (Wildman–Crippen MR) is 96.3 cm³/mol. The molecule has 0 heterocycles. The van der Waals surface area contributed by atoms with Crippen LogP contribution in [0.1, 0.15) is 72.1 Å². The molecule has 3 heteroatoms. The summed E-state index contributed by atoms with van der Waals surface area (Å²) in [5.41, 5.74) is 0. The van der Waals surface area contributed by atoms with Crippen molar-refractivity contribution in [2.75, 3.05) is 13.2 Å². The Morgan fingerprint density at radius 1 is 0.857 bits per heavy atom. The Labute approximate surface area is 134 Å². The summed E-state index contributed by atoms with van der Waals surface area (Å²) in [6.07, 6.45) is 14.0. The summed E-state index contributed by atoms with van der Waals surface area (Å²) < 4.78 is 6.19. The standard InChI is InChI=1S/C18H38O2Si/c1-18(2,3)21(4,5)20-17-15-13-11-9-7-6-8-10-12-14-16-19/h10,12,19H,6-9,11,13-17H2,1-5H3/b12-10-. The molecule has 0 rings (SSSR count). The molecule has 0 aromatic rings. The third-order valence-electron chi connectivity index (χ3n) is 4.50. The van der Waals surface area contributed by atoms with Gasteiger partial charge in [0.2, 0.25) is 0 Å². The number of aliphatic hydroxyl groups excluding tert-OH is 1. The van der Waals surface area contributed by atoms with Crippen molar-refractivity contribution in [3.63, 3.8) is 0 Å². The zero-order valence-electron chi connectivity index (χ0n) is 15.1. The van der Waals surface area contributed by atoms with E-state index in [4.69, 9.17) is 9.53 Å². The van der Waals surface area contributed by atoms with Crippen LogP contribution >= 0.6 is 0 Å². The van der Waals surface area contributed by atoms with E-state index in [1.807, 2.05) is 0 Å². The zero-order valence-corrected chi connectivity index (χ0v) is 16.1. The number of unbranched alkanes of at least 4 members (excludes halogenated alkanes) is 6. The van der Waals surface area contributed by atoms with Crippen molar-refractivity contribution in [1.29, 1.82) is 0 Å². The highest BCUT2D eigenvalue weighted by atomic mass is 28.4. The van der Waals surface area contributed by atoms with Gasteiger partial charge in [0.1, 0.15) is 0 Å². The molecule has 0 aliphatic rings. The second-order valence-electron chi connectivity index (χ2n) is 7.50. The monoisotopic (exact) mass is 314 g/mol. The average Bonchev–Trinajstić information content (AvgIpc) is 2.38. The summed E-state index contributed by atoms with van der Waals surface area (Å²) in [5, 5.41) is 8.98. The summed E-state index contributed by atoms with van der Waals surface area (Å²) in [4.78, 5) is 0. The van der Waals surface area contributed by atoms with Crippen LogP contribution in [0.25, 0.3) is 0 Å². The van der Waals surface area contributed by atoms with Gasteiger partial charge in [-0.05, 0) is 43.8 Å². The SMILES string of the molecule is CC(C)(C)[Si](C)(C)OCCCCCCCC/C=C\CCO. The molecular weight excluding hydrogens is 276 g/mol. The third kappa shape index (κ3) is 11.1. The fraction of sp³-hybridized carbons (Fsp3) is 0.889. The predicted octanol–water partition coefficient (Wildman–Crippen LogP) is 5.68. The van der Waals surface area contributed by atoms with Gasteiger partial charge in [-0.1, -0.05) is 58.6 Å². The molecule has 0 aromatic heterocycles. The van der Waals surface area contributed by atoms with Crippen LogP contribution in [0.2, 0.25) is 18.1 Å². The zero-order chi connectivity index (χ0) is 16.2. The molecule has 0 unspecified atom stereocenters.